The molecule has 0 bridgehead atoms. The maximum Gasteiger partial charge on any atom is 0.352 e. The second-order valence-electron chi connectivity index (χ2n) is 9.24. The Kier molecular flexibility index (Phi) is 6.09. The molecule has 0 atom stereocenters. The Morgan fingerprint density at radius 3 is 2.66 bits per heavy atom. The number of aromatic nitrogens is 4. The molecule has 3 aromatic carbocycles. The molecule has 7 heteroatoms. The third-order valence-corrected chi connectivity index (χ3v) is 6.89. The highest BCUT2D eigenvalue weighted by Gasteiger charge is 2.21. The number of ether oxygens (including phenoxy) is 1. The van der Waals surface area contributed by atoms with Gasteiger partial charge in [0.05, 0.1) is 12.1 Å². The van der Waals surface area contributed by atoms with E-state index in [1.165, 1.54) is 0 Å². The van der Waals surface area contributed by atoms with E-state index in [1.807, 2.05) is 72.3 Å². The number of rotatable bonds is 8. The van der Waals surface area contributed by atoms with Crippen molar-refractivity contribution in [3.63, 3.8) is 0 Å². The number of fused-ring (bicyclic) bond motifs is 2. The number of benzene rings is 3. The highest BCUT2D eigenvalue weighted by Crippen LogP contribution is 2.36. The van der Waals surface area contributed by atoms with Gasteiger partial charge in [-0.25, -0.2) is 14.8 Å². The number of hydrogen-bond donors (Lipinski definition) is 2. The van der Waals surface area contributed by atoms with Crippen LogP contribution in [-0.2, 0) is 6.42 Å². The molecule has 0 saturated carbocycles. The molecule has 6 aromatic rings. The molecular formula is C31H26N4O3. The Morgan fingerprint density at radius 2 is 1.82 bits per heavy atom. The SMILES string of the molecule is Cc1ccnc(-n2ccnc2)c1-c1cccc2c(CCCOc3cccc4ccccc34)c(C(=O)O)[nH]c12. The monoisotopic (exact) mass is 502 g/mol. The molecule has 3 aromatic heterocycles. The number of para-hydroxylation sites is 1. The number of nitrogens with zero attached hydrogens (tertiary/aromatic N) is 3. The topological polar surface area (TPSA) is 93.0 Å². The fourth-order valence-electron chi connectivity index (χ4n) is 5.13. The first kappa shape index (κ1) is 23.5. The van der Waals surface area contributed by atoms with Crippen molar-refractivity contribution in [2.75, 3.05) is 6.61 Å². The zero-order valence-electron chi connectivity index (χ0n) is 20.9. The number of aromatic amines is 1. The van der Waals surface area contributed by atoms with Gasteiger partial charge in [0.25, 0.3) is 0 Å². The number of aromatic carboxylic acids is 1. The summed E-state index contributed by atoms with van der Waals surface area (Å²) >= 11 is 0. The maximum atomic E-state index is 12.3. The summed E-state index contributed by atoms with van der Waals surface area (Å²) in [5.74, 6) is 0.600. The van der Waals surface area contributed by atoms with Crippen LogP contribution in [0.1, 0.15) is 28.0 Å². The molecule has 2 N–H and O–H groups in total. The average Bonchev–Trinajstić information content (AvgIpc) is 3.60. The fraction of sp³-hybridized carbons (Fsp3) is 0.129. The lowest BCUT2D eigenvalue weighted by molar-refractivity contribution is 0.0690. The highest BCUT2D eigenvalue weighted by atomic mass is 16.5. The van der Waals surface area contributed by atoms with Crippen LogP contribution in [-0.4, -0.2) is 37.2 Å². The number of nitrogens with one attached hydrogen (secondary N) is 1. The van der Waals surface area contributed by atoms with Crippen LogP contribution in [0.5, 0.6) is 5.75 Å². The van der Waals surface area contributed by atoms with E-state index in [0.29, 0.717) is 19.4 Å². The summed E-state index contributed by atoms with van der Waals surface area (Å²) in [4.78, 5) is 24.3. The molecule has 0 saturated heterocycles. The smallest absolute Gasteiger partial charge is 0.352 e. The Labute approximate surface area is 219 Å². The van der Waals surface area contributed by atoms with E-state index in [-0.39, 0.29) is 5.69 Å². The first-order valence-corrected chi connectivity index (χ1v) is 12.5. The minimum absolute atomic E-state index is 0.211. The maximum absolute atomic E-state index is 12.3. The zero-order valence-corrected chi connectivity index (χ0v) is 20.9. The van der Waals surface area contributed by atoms with E-state index < -0.39 is 5.97 Å². The van der Waals surface area contributed by atoms with E-state index in [9.17, 15) is 9.90 Å². The minimum Gasteiger partial charge on any atom is -0.493 e. The predicted octanol–water partition coefficient (Wildman–Crippen LogP) is 6.59. The summed E-state index contributed by atoms with van der Waals surface area (Å²) < 4.78 is 7.99. The third-order valence-electron chi connectivity index (χ3n) is 6.89. The largest absolute Gasteiger partial charge is 0.493 e. The van der Waals surface area contributed by atoms with Crippen LogP contribution < -0.4 is 4.74 Å². The molecule has 6 rings (SSSR count). The molecule has 0 radical (unpaired) electrons. The van der Waals surface area contributed by atoms with Crippen LogP contribution in [0, 0.1) is 6.92 Å². The Morgan fingerprint density at radius 1 is 1.00 bits per heavy atom. The van der Waals surface area contributed by atoms with Crippen molar-refractivity contribution in [2.24, 2.45) is 0 Å². The molecular weight excluding hydrogens is 476 g/mol. The van der Waals surface area contributed by atoms with Gasteiger partial charge in [-0.05, 0) is 48.4 Å². The van der Waals surface area contributed by atoms with Crippen LogP contribution in [0.25, 0.3) is 38.6 Å². The van der Waals surface area contributed by atoms with E-state index in [2.05, 4.69) is 27.1 Å². The van der Waals surface area contributed by atoms with Gasteiger partial charge in [0.15, 0.2) is 0 Å². The Balaban J connectivity index is 1.34. The lowest BCUT2D eigenvalue weighted by Crippen LogP contribution is -2.04. The van der Waals surface area contributed by atoms with Gasteiger partial charge in [-0.2, -0.15) is 0 Å². The Hall–Kier alpha value is -4.91. The second-order valence-corrected chi connectivity index (χ2v) is 9.24. The van der Waals surface area contributed by atoms with Crippen molar-refractivity contribution in [1.29, 1.82) is 0 Å². The number of carboxylic acids is 1. The number of aryl methyl sites for hydroxylation is 2. The third kappa shape index (κ3) is 4.18. The van der Waals surface area contributed by atoms with Crippen LogP contribution >= 0.6 is 0 Å². The number of carboxylic acid groups (broad SMARTS) is 1. The van der Waals surface area contributed by atoms with Gasteiger partial charge in [-0.1, -0.05) is 54.6 Å². The van der Waals surface area contributed by atoms with Crippen molar-refractivity contribution in [2.45, 2.75) is 19.8 Å². The summed E-state index contributed by atoms with van der Waals surface area (Å²) in [5, 5.41) is 13.1. The predicted molar refractivity (Wildman–Crippen MR) is 148 cm³/mol. The number of carbonyl (C=O) groups is 1. The fourth-order valence-corrected chi connectivity index (χ4v) is 5.13. The summed E-state index contributed by atoms with van der Waals surface area (Å²) in [5.41, 5.74) is 4.64. The van der Waals surface area contributed by atoms with E-state index in [0.717, 1.165) is 55.5 Å². The molecule has 0 aliphatic rings. The molecule has 0 aliphatic heterocycles. The Bertz CT molecular complexity index is 1760. The zero-order chi connectivity index (χ0) is 26.1. The molecule has 188 valence electrons. The molecule has 0 spiro atoms. The minimum atomic E-state index is -0.977. The van der Waals surface area contributed by atoms with Crippen molar-refractivity contribution < 1.29 is 14.6 Å². The van der Waals surface area contributed by atoms with Gasteiger partial charge in [0.1, 0.15) is 23.6 Å². The molecule has 0 amide bonds. The van der Waals surface area contributed by atoms with Crippen molar-refractivity contribution >= 4 is 27.6 Å². The average molecular weight is 503 g/mol. The van der Waals surface area contributed by atoms with E-state index >= 15 is 0 Å². The van der Waals surface area contributed by atoms with Crippen LogP contribution in [0.2, 0.25) is 0 Å². The normalized spacial score (nSPS) is 11.3. The van der Waals surface area contributed by atoms with E-state index in [1.54, 1.807) is 18.7 Å². The number of pyridine rings is 1. The summed E-state index contributed by atoms with van der Waals surface area (Å²) in [6.45, 7) is 2.51. The standard InChI is InChI=1S/C31H26N4O3/c1-20-14-15-33-30(35-17-16-32-19-35)27(20)25-11-5-10-23-24(29(31(36)37)34-28(23)25)12-6-18-38-26-13-4-8-21-7-2-3-9-22(21)26/h2-5,7-11,13-17,19,34H,6,12,18H2,1H3,(H,36,37). The molecule has 3 heterocycles. The van der Waals surface area contributed by atoms with Gasteiger partial charge in [-0.15, -0.1) is 0 Å². The van der Waals surface area contributed by atoms with Gasteiger partial charge in [-0.3, -0.25) is 4.57 Å². The van der Waals surface area contributed by atoms with Crippen molar-refractivity contribution in [1.82, 2.24) is 19.5 Å². The lowest BCUT2D eigenvalue weighted by Gasteiger charge is -2.13. The first-order chi connectivity index (χ1) is 18.6. The van der Waals surface area contributed by atoms with Crippen LogP contribution in [0.4, 0.5) is 0 Å². The molecule has 38 heavy (non-hydrogen) atoms. The van der Waals surface area contributed by atoms with Crippen molar-refractivity contribution in [3.8, 4) is 22.7 Å². The molecule has 7 nitrogen and oxygen atoms in total. The quantitative estimate of drug-likeness (QED) is 0.229. The number of hydrogen-bond acceptors (Lipinski definition) is 4. The molecule has 0 unspecified atom stereocenters. The van der Waals surface area contributed by atoms with Gasteiger partial charge >= 0.3 is 5.97 Å². The molecule has 0 fully saturated rings. The number of imidazole rings is 1. The summed E-state index contributed by atoms with van der Waals surface area (Å²) in [7, 11) is 0. The highest BCUT2D eigenvalue weighted by molar-refractivity contribution is 6.04. The summed E-state index contributed by atoms with van der Waals surface area (Å²) in [6.07, 6.45) is 8.29. The van der Waals surface area contributed by atoms with Crippen molar-refractivity contribution in [3.05, 3.63) is 108 Å². The molecule has 0 aliphatic carbocycles. The van der Waals surface area contributed by atoms with Gasteiger partial charge in [0, 0.05) is 40.5 Å². The van der Waals surface area contributed by atoms with Crippen LogP contribution in [0.3, 0.4) is 0 Å². The van der Waals surface area contributed by atoms with Crippen LogP contribution in [0.15, 0.2) is 91.6 Å². The van der Waals surface area contributed by atoms with Gasteiger partial charge < -0.3 is 14.8 Å². The number of H-pyrrole nitrogens is 1. The van der Waals surface area contributed by atoms with Gasteiger partial charge in [0.2, 0.25) is 0 Å². The first-order valence-electron chi connectivity index (χ1n) is 12.5. The van der Waals surface area contributed by atoms with E-state index in [4.69, 9.17) is 4.74 Å². The second kappa shape index (κ2) is 9.86. The summed E-state index contributed by atoms with van der Waals surface area (Å²) in [6, 6.07) is 22.0. The lowest BCUT2D eigenvalue weighted by atomic mass is 9.97.